The van der Waals surface area contributed by atoms with Crippen molar-refractivity contribution < 1.29 is 22.8 Å². The van der Waals surface area contributed by atoms with Crippen LogP contribution in [0.2, 0.25) is 5.02 Å². The third-order valence-corrected chi connectivity index (χ3v) is 6.02. The predicted octanol–water partition coefficient (Wildman–Crippen LogP) is 3.72. The van der Waals surface area contributed by atoms with E-state index in [0.717, 1.165) is 4.68 Å². The van der Waals surface area contributed by atoms with Crippen molar-refractivity contribution in [1.82, 2.24) is 40.3 Å². The zero-order chi connectivity index (χ0) is 29.2. The third-order valence-electron chi connectivity index (χ3n) is 5.73. The van der Waals surface area contributed by atoms with Gasteiger partial charge in [0.15, 0.2) is 5.82 Å². The van der Waals surface area contributed by atoms with Crippen LogP contribution in [0.1, 0.15) is 63.4 Å². The third kappa shape index (κ3) is 5.47. The number of aryl methyl sites for hydroxylation is 1. The second-order valence-corrected chi connectivity index (χ2v) is 8.84. The van der Waals surface area contributed by atoms with E-state index >= 15 is 0 Å². The zero-order valence-electron chi connectivity index (χ0n) is 21.2. The van der Waals surface area contributed by atoms with Crippen LogP contribution >= 0.6 is 11.6 Å². The van der Waals surface area contributed by atoms with E-state index in [4.69, 9.17) is 11.6 Å². The van der Waals surface area contributed by atoms with Crippen LogP contribution in [-0.2, 0) is 6.18 Å². The molecule has 0 fully saturated rings. The number of benzene rings is 1. The lowest BCUT2D eigenvalue weighted by atomic mass is 10.0. The van der Waals surface area contributed by atoms with Gasteiger partial charge in [-0.05, 0) is 67.1 Å². The first-order valence-corrected chi connectivity index (χ1v) is 12.0. The quantitative estimate of drug-likeness (QED) is 0.339. The first kappa shape index (κ1) is 28.2. The molecule has 1 aromatic carbocycles. The molecule has 0 radical (unpaired) electrons. The Morgan fingerprint density at radius 3 is 2.62 bits per heavy atom. The van der Waals surface area contributed by atoms with Crippen molar-refractivity contribution in [2.45, 2.75) is 33.0 Å². The summed E-state index contributed by atoms with van der Waals surface area (Å²) in [6, 6.07) is 7.94. The highest BCUT2D eigenvalue weighted by Gasteiger charge is 2.40. The standard InChI is InChI=1S/C24H20ClF3N10O2/c1-4-30-21(39)15-9-14(11-29)8-12(2)19(15)32-22(40)18-10-17(34-38(18)20-16(25)6-5-7-31-20)13(3)37-23(24(26,27)28)33-35-36-37/h5-10,13H,4H2,1-3H3,(H,30,39)(H,32,40). The molecule has 4 aromatic rings. The van der Waals surface area contributed by atoms with E-state index in [1.807, 2.05) is 6.07 Å². The summed E-state index contributed by atoms with van der Waals surface area (Å²) in [5.41, 5.74) is 0.641. The van der Waals surface area contributed by atoms with Gasteiger partial charge in [-0.1, -0.05) is 11.6 Å². The van der Waals surface area contributed by atoms with Crippen LogP contribution in [-0.4, -0.2) is 53.3 Å². The molecule has 0 saturated heterocycles. The number of nitrogens with zero attached hydrogens (tertiary/aromatic N) is 8. The minimum Gasteiger partial charge on any atom is -0.352 e. The Morgan fingerprint density at radius 1 is 1.23 bits per heavy atom. The fourth-order valence-corrected chi connectivity index (χ4v) is 4.06. The molecular formula is C24H20ClF3N10O2. The number of pyridine rings is 1. The van der Waals surface area contributed by atoms with Gasteiger partial charge >= 0.3 is 6.18 Å². The van der Waals surface area contributed by atoms with Gasteiger partial charge in [-0.3, -0.25) is 9.59 Å². The minimum absolute atomic E-state index is 0.00910. The van der Waals surface area contributed by atoms with Gasteiger partial charge in [-0.25, -0.2) is 14.3 Å². The maximum Gasteiger partial charge on any atom is 0.453 e. The van der Waals surface area contributed by atoms with Crippen molar-refractivity contribution in [2.75, 3.05) is 11.9 Å². The summed E-state index contributed by atoms with van der Waals surface area (Å²) in [4.78, 5) is 30.5. The SMILES string of the molecule is CCNC(=O)c1cc(C#N)cc(C)c1NC(=O)c1cc(C(C)n2nnnc2C(F)(F)F)nn1-c1ncccc1Cl. The van der Waals surface area contributed by atoms with E-state index in [9.17, 15) is 28.0 Å². The van der Waals surface area contributed by atoms with Crippen LogP contribution in [0.15, 0.2) is 36.5 Å². The van der Waals surface area contributed by atoms with Gasteiger partial charge < -0.3 is 10.6 Å². The summed E-state index contributed by atoms with van der Waals surface area (Å²) in [5.74, 6) is -2.62. The zero-order valence-corrected chi connectivity index (χ0v) is 21.9. The molecule has 12 nitrogen and oxygen atoms in total. The lowest BCUT2D eigenvalue weighted by Crippen LogP contribution is -2.26. The molecule has 0 aliphatic heterocycles. The number of nitriles is 1. The molecule has 0 aliphatic rings. The number of anilines is 1. The normalized spacial score (nSPS) is 12.1. The summed E-state index contributed by atoms with van der Waals surface area (Å²) in [5, 5.41) is 28.7. The monoisotopic (exact) mass is 572 g/mol. The molecule has 0 saturated carbocycles. The van der Waals surface area contributed by atoms with Crippen LogP contribution in [0, 0.1) is 18.3 Å². The van der Waals surface area contributed by atoms with Crippen LogP contribution in [0.3, 0.4) is 0 Å². The summed E-state index contributed by atoms with van der Waals surface area (Å²) >= 11 is 6.30. The smallest absolute Gasteiger partial charge is 0.352 e. The number of carbonyl (C=O) groups excluding carboxylic acids is 2. The Kier molecular flexibility index (Phi) is 7.82. The van der Waals surface area contributed by atoms with E-state index in [2.05, 4.69) is 36.2 Å². The summed E-state index contributed by atoms with van der Waals surface area (Å²) < 4.78 is 42.0. The first-order chi connectivity index (χ1) is 19.0. The van der Waals surface area contributed by atoms with Crippen molar-refractivity contribution in [1.29, 1.82) is 5.26 Å². The number of tetrazole rings is 1. The summed E-state index contributed by atoms with van der Waals surface area (Å²) in [6.07, 6.45) is -3.44. The van der Waals surface area contributed by atoms with Gasteiger partial charge in [0.05, 0.1) is 39.6 Å². The van der Waals surface area contributed by atoms with Crippen molar-refractivity contribution in [2.24, 2.45) is 0 Å². The van der Waals surface area contributed by atoms with E-state index in [1.165, 1.54) is 37.4 Å². The molecule has 3 heterocycles. The van der Waals surface area contributed by atoms with E-state index in [-0.39, 0.29) is 39.0 Å². The molecule has 206 valence electrons. The molecule has 0 aliphatic carbocycles. The number of carbonyl (C=O) groups is 2. The van der Waals surface area contributed by atoms with Gasteiger partial charge in [0.25, 0.3) is 17.6 Å². The number of amides is 2. The first-order valence-electron chi connectivity index (χ1n) is 11.7. The number of alkyl halides is 3. The largest absolute Gasteiger partial charge is 0.453 e. The Bertz CT molecular complexity index is 1640. The Morgan fingerprint density at radius 2 is 1.98 bits per heavy atom. The highest BCUT2D eigenvalue weighted by atomic mass is 35.5. The average molecular weight is 573 g/mol. The Labute approximate surface area is 229 Å². The van der Waals surface area contributed by atoms with Crippen LogP contribution < -0.4 is 10.6 Å². The maximum absolute atomic E-state index is 13.6. The molecule has 1 unspecified atom stereocenters. The lowest BCUT2D eigenvalue weighted by molar-refractivity contribution is -0.148. The molecular weight excluding hydrogens is 553 g/mol. The number of rotatable bonds is 7. The number of nitrogens with one attached hydrogen (secondary N) is 2. The van der Waals surface area contributed by atoms with Gasteiger partial charge in [0, 0.05) is 12.7 Å². The van der Waals surface area contributed by atoms with Gasteiger partial charge in [-0.15, -0.1) is 5.10 Å². The Hall–Kier alpha value is -4.84. The minimum atomic E-state index is -4.84. The number of hydrogen-bond donors (Lipinski definition) is 2. The highest BCUT2D eigenvalue weighted by Crippen LogP contribution is 2.31. The van der Waals surface area contributed by atoms with Crippen molar-refractivity contribution in [3.05, 3.63) is 75.5 Å². The summed E-state index contributed by atoms with van der Waals surface area (Å²) in [7, 11) is 0. The molecule has 16 heteroatoms. The molecule has 3 aromatic heterocycles. The van der Waals surface area contributed by atoms with Gasteiger partial charge in [0.1, 0.15) is 5.69 Å². The molecule has 4 rings (SSSR count). The van der Waals surface area contributed by atoms with E-state index < -0.39 is 29.9 Å². The molecule has 0 spiro atoms. The second kappa shape index (κ2) is 11.1. The van der Waals surface area contributed by atoms with Gasteiger partial charge in [0.2, 0.25) is 0 Å². The van der Waals surface area contributed by atoms with Crippen LogP contribution in [0.4, 0.5) is 18.9 Å². The molecule has 0 bridgehead atoms. The number of hydrogen-bond acceptors (Lipinski definition) is 8. The van der Waals surface area contributed by atoms with E-state index in [0.29, 0.717) is 16.8 Å². The maximum atomic E-state index is 13.6. The average Bonchev–Trinajstić information content (AvgIpc) is 3.58. The van der Waals surface area contributed by atoms with Crippen LogP contribution in [0.5, 0.6) is 0 Å². The topological polar surface area (TPSA) is 156 Å². The fourth-order valence-electron chi connectivity index (χ4n) is 3.86. The molecule has 1 atom stereocenters. The van der Waals surface area contributed by atoms with Crippen molar-refractivity contribution in [3.63, 3.8) is 0 Å². The number of halogens is 4. The Balaban J connectivity index is 1.83. The molecule has 2 N–H and O–H groups in total. The summed E-state index contributed by atoms with van der Waals surface area (Å²) in [6.45, 7) is 4.99. The fraction of sp³-hybridized carbons (Fsp3) is 0.250. The second-order valence-electron chi connectivity index (χ2n) is 8.44. The predicted molar refractivity (Wildman–Crippen MR) is 135 cm³/mol. The van der Waals surface area contributed by atoms with Crippen molar-refractivity contribution >= 4 is 29.1 Å². The van der Waals surface area contributed by atoms with E-state index in [1.54, 1.807) is 19.9 Å². The highest BCUT2D eigenvalue weighted by molar-refractivity contribution is 6.32. The van der Waals surface area contributed by atoms with Gasteiger partial charge in [-0.2, -0.15) is 23.5 Å². The number of aromatic nitrogens is 7. The molecule has 2 amide bonds. The van der Waals surface area contributed by atoms with Crippen molar-refractivity contribution in [3.8, 4) is 11.9 Å². The lowest BCUT2D eigenvalue weighted by Gasteiger charge is -2.15. The molecule has 40 heavy (non-hydrogen) atoms. The van der Waals surface area contributed by atoms with Crippen LogP contribution in [0.25, 0.3) is 5.82 Å².